The summed E-state index contributed by atoms with van der Waals surface area (Å²) in [5.41, 5.74) is 6.56. The number of nitro groups is 1. The number of halogens is 1. The zero-order chi connectivity index (χ0) is 15.6. The van der Waals surface area contributed by atoms with Crippen LogP contribution in [0.5, 0.6) is 0 Å². The van der Waals surface area contributed by atoms with E-state index < -0.39 is 10.8 Å². The van der Waals surface area contributed by atoms with E-state index in [1.807, 2.05) is 6.92 Å². The molecule has 108 valence electrons. The number of rotatable bonds is 3. The van der Waals surface area contributed by atoms with Crippen LogP contribution in [0.2, 0.25) is 5.02 Å². The van der Waals surface area contributed by atoms with E-state index in [0.717, 1.165) is 5.56 Å². The molecule has 0 aliphatic heterocycles. The number of carbonyl (C=O) groups is 1. The number of nitrogens with one attached hydrogen (secondary N) is 1. The summed E-state index contributed by atoms with van der Waals surface area (Å²) in [5, 5.41) is 13.8. The molecule has 0 heterocycles. The van der Waals surface area contributed by atoms with E-state index >= 15 is 0 Å². The van der Waals surface area contributed by atoms with E-state index in [4.69, 9.17) is 17.3 Å². The third-order valence-electron chi connectivity index (χ3n) is 2.89. The van der Waals surface area contributed by atoms with Crippen LogP contribution in [-0.2, 0) is 0 Å². The normalized spacial score (nSPS) is 10.2. The highest BCUT2D eigenvalue weighted by atomic mass is 35.5. The minimum absolute atomic E-state index is 0.0294. The van der Waals surface area contributed by atoms with Crippen LogP contribution in [0.4, 0.5) is 17.1 Å². The molecular weight excluding hydrogens is 294 g/mol. The molecule has 0 aromatic heterocycles. The second kappa shape index (κ2) is 5.80. The zero-order valence-electron chi connectivity index (χ0n) is 11.1. The van der Waals surface area contributed by atoms with Gasteiger partial charge in [-0.05, 0) is 30.7 Å². The Balaban J connectivity index is 2.35. The third-order valence-corrected chi connectivity index (χ3v) is 3.22. The largest absolute Gasteiger partial charge is 0.393 e. The Kier molecular flexibility index (Phi) is 4.09. The minimum atomic E-state index is -0.633. The Labute approximate surface area is 125 Å². The number of nitrogen functional groups attached to an aromatic ring is 1. The van der Waals surface area contributed by atoms with Gasteiger partial charge in [-0.3, -0.25) is 14.9 Å². The van der Waals surface area contributed by atoms with Gasteiger partial charge in [-0.1, -0.05) is 23.7 Å². The number of hydrogen-bond acceptors (Lipinski definition) is 4. The predicted octanol–water partition coefficient (Wildman–Crippen LogP) is 3.39. The molecule has 0 spiro atoms. The standard InChI is InChI=1S/C14H12ClN3O3/c1-8-5-6-10(15)11(7-8)17-14(19)9-3-2-4-12(13(9)16)18(20)21/h2-7H,16H2,1H3,(H,17,19). The number of nitrogens with two attached hydrogens (primary N) is 1. The molecule has 2 aromatic carbocycles. The number of carbonyl (C=O) groups excluding carboxylic acids is 1. The molecule has 0 aliphatic carbocycles. The summed E-state index contributed by atoms with van der Waals surface area (Å²) < 4.78 is 0. The van der Waals surface area contributed by atoms with Gasteiger partial charge in [0.1, 0.15) is 5.69 Å². The van der Waals surface area contributed by atoms with Gasteiger partial charge in [0, 0.05) is 6.07 Å². The minimum Gasteiger partial charge on any atom is -0.393 e. The average molecular weight is 306 g/mol. The summed E-state index contributed by atoms with van der Waals surface area (Å²) >= 11 is 6.00. The molecule has 0 fully saturated rings. The van der Waals surface area contributed by atoms with Crippen molar-refractivity contribution in [1.82, 2.24) is 0 Å². The van der Waals surface area contributed by atoms with Gasteiger partial charge in [0.15, 0.2) is 0 Å². The Bertz CT molecular complexity index is 731. The summed E-state index contributed by atoms with van der Waals surface area (Å²) in [7, 11) is 0. The maximum absolute atomic E-state index is 12.2. The van der Waals surface area contributed by atoms with Crippen molar-refractivity contribution in [3.05, 3.63) is 62.7 Å². The number of anilines is 2. The monoisotopic (exact) mass is 305 g/mol. The molecule has 2 rings (SSSR count). The molecule has 2 aromatic rings. The first-order valence-electron chi connectivity index (χ1n) is 6.00. The fourth-order valence-electron chi connectivity index (χ4n) is 1.83. The van der Waals surface area contributed by atoms with E-state index in [1.54, 1.807) is 18.2 Å². The molecule has 7 heteroatoms. The van der Waals surface area contributed by atoms with Gasteiger partial charge in [-0.15, -0.1) is 0 Å². The summed E-state index contributed by atoms with van der Waals surface area (Å²) in [4.78, 5) is 22.4. The van der Waals surface area contributed by atoms with Crippen molar-refractivity contribution in [3.8, 4) is 0 Å². The van der Waals surface area contributed by atoms with Crippen LogP contribution in [0, 0.1) is 17.0 Å². The molecule has 0 bridgehead atoms. The average Bonchev–Trinajstić information content (AvgIpc) is 2.42. The molecule has 0 atom stereocenters. The Morgan fingerprint density at radius 1 is 1.33 bits per heavy atom. The number of aryl methyl sites for hydroxylation is 1. The molecule has 6 nitrogen and oxygen atoms in total. The lowest BCUT2D eigenvalue weighted by atomic mass is 10.1. The summed E-state index contributed by atoms with van der Waals surface area (Å²) in [6, 6.07) is 9.23. The number of hydrogen-bond donors (Lipinski definition) is 2. The van der Waals surface area contributed by atoms with Crippen LogP contribution in [-0.4, -0.2) is 10.8 Å². The van der Waals surface area contributed by atoms with Crippen molar-refractivity contribution in [1.29, 1.82) is 0 Å². The molecule has 0 saturated heterocycles. The maximum atomic E-state index is 12.2. The molecule has 0 aliphatic rings. The van der Waals surface area contributed by atoms with Crippen LogP contribution in [0.25, 0.3) is 0 Å². The van der Waals surface area contributed by atoms with E-state index in [-0.39, 0.29) is 16.9 Å². The number of nitrogens with zero attached hydrogens (tertiary/aromatic N) is 1. The van der Waals surface area contributed by atoms with Crippen LogP contribution < -0.4 is 11.1 Å². The topological polar surface area (TPSA) is 98.3 Å². The molecule has 0 saturated carbocycles. The summed E-state index contributed by atoms with van der Waals surface area (Å²) in [6.07, 6.45) is 0. The first kappa shape index (κ1) is 14.8. The second-order valence-corrected chi connectivity index (χ2v) is 4.84. The molecular formula is C14H12ClN3O3. The first-order chi connectivity index (χ1) is 9.90. The quantitative estimate of drug-likeness (QED) is 0.516. The van der Waals surface area contributed by atoms with Gasteiger partial charge >= 0.3 is 0 Å². The Morgan fingerprint density at radius 3 is 2.71 bits per heavy atom. The fraction of sp³-hybridized carbons (Fsp3) is 0.0714. The van der Waals surface area contributed by atoms with Crippen molar-refractivity contribution in [2.45, 2.75) is 6.92 Å². The molecule has 3 N–H and O–H groups in total. The smallest absolute Gasteiger partial charge is 0.292 e. The van der Waals surface area contributed by atoms with E-state index in [0.29, 0.717) is 10.7 Å². The van der Waals surface area contributed by atoms with Crippen LogP contribution in [0.15, 0.2) is 36.4 Å². The number of benzene rings is 2. The highest BCUT2D eigenvalue weighted by Crippen LogP contribution is 2.27. The van der Waals surface area contributed by atoms with Gasteiger partial charge < -0.3 is 11.1 Å². The molecule has 1 amide bonds. The van der Waals surface area contributed by atoms with E-state index in [2.05, 4.69) is 5.32 Å². The lowest BCUT2D eigenvalue weighted by molar-refractivity contribution is -0.383. The fourth-order valence-corrected chi connectivity index (χ4v) is 2.00. The van der Waals surface area contributed by atoms with E-state index in [1.165, 1.54) is 18.2 Å². The van der Waals surface area contributed by atoms with Crippen molar-refractivity contribution >= 4 is 34.6 Å². The molecule has 0 unspecified atom stereocenters. The van der Waals surface area contributed by atoms with Crippen molar-refractivity contribution in [3.63, 3.8) is 0 Å². The van der Waals surface area contributed by atoms with Gasteiger partial charge in [0.05, 0.1) is 21.2 Å². The lowest BCUT2D eigenvalue weighted by Gasteiger charge is -2.09. The molecule has 21 heavy (non-hydrogen) atoms. The molecule has 0 radical (unpaired) electrons. The zero-order valence-corrected chi connectivity index (χ0v) is 11.8. The Hall–Kier alpha value is -2.60. The first-order valence-corrected chi connectivity index (χ1v) is 6.38. The highest BCUT2D eigenvalue weighted by Gasteiger charge is 2.19. The van der Waals surface area contributed by atoms with Crippen molar-refractivity contribution in [2.24, 2.45) is 0 Å². The number of amides is 1. The second-order valence-electron chi connectivity index (χ2n) is 4.43. The van der Waals surface area contributed by atoms with Crippen LogP contribution >= 0.6 is 11.6 Å². The predicted molar refractivity (Wildman–Crippen MR) is 81.7 cm³/mol. The van der Waals surface area contributed by atoms with Crippen LogP contribution in [0.3, 0.4) is 0 Å². The van der Waals surface area contributed by atoms with Gasteiger partial charge in [-0.2, -0.15) is 0 Å². The number of para-hydroxylation sites is 1. The Morgan fingerprint density at radius 2 is 2.05 bits per heavy atom. The van der Waals surface area contributed by atoms with Gasteiger partial charge in [0.25, 0.3) is 11.6 Å². The number of nitro benzene ring substituents is 1. The van der Waals surface area contributed by atoms with E-state index in [9.17, 15) is 14.9 Å². The van der Waals surface area contributed by atoms with Gasteiger partial charge in [0.2, 0.25) is 0 Å². The van der Waals surface area contributed by atoms with Gasteiger partial charge in [-0.25, -0.2) is 0 Å². The summed E-state index contributed by atoms with van der Waals surface area (Å²) in [6.45, 7) is 1.85. The van der Waals surface area contributed by atoms with Crippen molar-refractivity contribution < 1.29 is 9.72 Å². The highest BCUT2D eigenvalue weighted by molar-refractivity contribution is 6.34. The maximum Gasteiger partial charge on any atom is 0.292 e. The SMILES string of the molecule is Cc1ccc(Cl)c(NC(=O)c2cccc([N+](=O)[O-])c2N)c1. The summed E-state index contributed by atoms with van der Waals surface area (Å²) in [5.74, 6) is -0.552. The third kappa shape index (κ3) is 3.11. The lowest BCUT2D eigenvalue weighted by Crippen LogP contribution is -2.15. The van der Waals surface area contributed by atoms with Crippen LogP contribution in [0.1, 0.15) is 15.9 Å². The van der Waals surface area contributed by atoms with Crippen molar-refractivity contribution in [2.75, 3.05) is 11.1 Å².